The molecule has 2 atom stereocenters. The fourth-order valence-corrected chi connectivity index (χ4v) is 4.54. The van der Waals surface area contributed by atoms with E-state index in [9.17, 15) is 4.79 Å². The van der Waals surface area contributed by atoms with Gasteiger partial charge in [0.1, 0.15) is 17.9 Å². The Kier molecular flexibility index (Phi) is 5.72. The average molecular weight is 438 g/mol. The van der Waals surface area contributed by atoms with Crippen molar-refractivity contribution in [3.8, 4) is 11.8 Å². The number of nitrogens with zero attached hydrogens (tertiary/aromatic N) is 2. The summed E-state index contributed by atoms with van der Waals surface area (Å²) in [7, 11) is 0. The molecule has 6 heteroatoms. The zero-order chi connectivity index (χ0) is 22.3. The summed E-state index contributed by atoms with van der Waals surface area (Å²) in [5.74, 6) is 0.601. The minimum Gasteiger partial charge on any atom is -0.490 e. The van der Waals surface area contributed by atoms with Gasteiger partial charge in [0.15, 0.2) is 0 Å². The largest absolute Gasteiger partial charge is 0.490 e. The van der Waals surface area contributed by atoms with Gasteiger partial charge in [0.2, 0.25) is 0 Å². The number of halogens is 1. The highest BCUT2D eigenvalue weighted by Crippen LogP contribution is 2.43. The molecule has 0 unspecified atom stereocenters. The monoisotopic (exact) mass is 437 g/mol. The number of nitrogens with one attached hydrogen (secondary N) is 1. The Labute approximate surface area is 189 Å². The molecule has 2 aliphatic rings. The molecule has 1 amide bonds. The Morgan fingerprint density at radius 2 is 1.97 bits per heavy atom. The molecule has 1 aliphatic heterocycles. The van der Waals surface area contributed by atoms with Gasteiger partial charge in [-0.1, -0.05) is 31.5 Å². The number of benzene rings is 2. The van der Waals surface area contributed by atoms with E-state index in [0.29, 0.717) is 27.9 Å². The van der Waals surface area contributed by atoms with Crippen molar-refractivity contribution in [1.29, 1.82) is 5.26 Å². The smallest absolute Gasteiger partial charge is 0.251 e. The number of amides is 1. The van der Waals surface area contributed by atoms with Crippen LogP contribution in [0.5, 0.6) is 5.75 Å². The second-order valence-corrected chi connectivity index (χ2v) is 9.83. The van der Waals surface area contributed by atoms with Crippen LogP contribution in [0, 0.1) is 16.7 Å². The number of carbonyl (C=O) groups is 1. The van der Waals surface area contributed by atoms with Crippen molar-refractivity contribution in [3.63, 3.8) is 0 Å². The molecular weight excluding hydrogens is 410 g/mol. The number of carbonyl (C=O) groups excluding carboxylic acids is 1. The molecular formula is C25H28ClN3O2. The van der Waals surface area contributed by atoms with Crippen molar-refractivity contribution in [2.75, 3.05) is 0 Å². The van der Waals surface area contributed by atoms with Crippen LogP contribution >= 0.6 is 11.6 Å². The molecule has 1 saturated carbocycles. The van der Waals surface area contributed by atoms with Gasteiger partial charge >= 0.3 is 0 Å². The summed E-state index contributed by atoms with van der Waals surface area (Å²) < 4.78 is 6.11. The lowest BCUT2D eigenvalue weighted by atomic mass is 9.64. The fourth-order valence-electron chi connectivity index (χ4n) is 4.32. The van der Waals surface area contributed by atoms with Crippen LogP contribution in [0.4, 0.5) is 0 Å². The van der Waals surface area contributed by atoms with Crippen molar-refractivity contribution < 1.29 is 9.53 Å². The molecule has 1 heterocycles. The van der Waals surface area contributed by atoms with E-state index in [2.05, 4.69) is 44.0 Å². The van der Waals surface area contributed by atoms with Crippen LogP contribution in [0.2, 0.25) is 5.02 Å². The first-order valence-corrected chi connectivity index (χ1v) is 11.1. The predicted molar refractivity (Wildman–Crippen MR) is 121 cm³/mol. The lowest BCUT2D eigenvalue weighted by Gasteiger charge is -2.51. The third-order valence-corrected chi connectivity index (χ3v) is 7.08. The summed E-state index contributed by atoms with van der Waals surface area (Å²) in [6.07, 6.45) is 0.684. The molecule has 1 fully saturated rings. The molecule has 0 saturated heterocycles. The van der Waals surface area contributed by atoms with Crippen LogP contribution in [-0.4, -0.2) is 29.0 Å². The summed E-state index contributed by atoms with van der Waals surface area (Å²) >= 11 is 6.11. The maximum absolute atomic E-state index is 12.9. The Morgan fingerprint density at radius 1 is 1.23 bits per heavy atom. The van der Waals surface area contributed by atoms with Crippen LogP contribution < -0.4 is 10.1 Å². The quantitative estimate of drug-likeness (QED) is 0.721. The first-order valence-electron chi connectivity index (χ1n) is 10.7. The van der Waals surface area contributed by atoms with Crippen molar-refractivity contribution in [3.05, 3.63) is 63.7 Å². The van der Waals surface area contributed by atoms with Gasteiger partial charge in [0.25, 0.3) is 5.91 Å². The topological polar surface area (TPSA) is 65.4 Å². The van der Waals surface area contributed by atoms with Gasteiger partial charge in [-0.15, -0.1) is 0 Å². The second-order valence-electron chi connectivity index (χ2n) is 9.43. The van der Waals surface area contributed by atoms with Gasteiger partial charge in [-0.05, 0) is 49.2 Å². The summed E-state index contributed by atoms with van der Waals surface area (Å²) in [5.41, 5.74) is 3.47. The molecule has 0 radical (unpaired) electrons. The minimum atomic E-state index is -0.221. The zero-order valence-electron chi connectivity index (χ0n) is 18.4. The Balaban J connectivity index is 1.38. The maximum atomic E-state index is 12.9. The molecule has 5 nitrogen and oxygen atoms in total. The second kappa shape index (κ2) is 8.18. The van der Waals surface area contributed by atoms with Crippen molar-refractivity contribution >= 4 is 17.5 Å². The van der Waals surface area contributed by atoms with Crippen molar-refractivity contribution in [1.82, 2.24) is 10.2 Å². The van der Waals surface area contributed by atoms with Crippen LogP contribution in [0.1, 0.15) is 61.2 Å². The van der Waals surface area contributed by atoms with E-state index in [0.717, 1.165) is 19.5 Å². The Hall–Kier alpha value is -2.55. The molecule has 1 aliphatic carbocycles. The van der Waals surface area contributed by atoms with Crippen LogP contribution in [0.25, 0.3) is 0 Å². The third-order valence-electron chi connectivity index (χ3n) is 6.77. The van der Waals surface area contributed by atoms with Gasteiger partial charge in [-0.25, -0.2) is 0 Å². The highest BCUT2D eigenvalue weighted by Gasteiger charge is 2.50. The van der Waals surface area contributed by atoms with Crippen molar-refractivity contribution in [2.45, 2.75) is 65.4 Å². The molecule has 2 aromatic rings. The van der Waals surface area contributed by atoms with Crippen molar-refractivity contribution in [2.24, 2.45) is 5.41 Å². The van der Waals surface area contributed by atoms with E-state index in [1.807, 2.05) is 18.2 Å². The predicted octanol–water partition coefficient (Wildman–Crippen LogP) is 4.91. The van der Waals surface area contributed by atoms with Crippen LogP contribution in [-0.2, 0) is 13.1 Å². The highest BCUT2D eigenvalue weighted by atomic mass is 35.5. The normalized spacial score (nSPS) is 21.8. The summed E-state index contributed by atoms with van der Waals surface area (Å²) in [5, 5.41) is 12.6. The standard InChI is InChI=1S/C25H28ClN3O2/c1-15(2)29-13-18-6-5-16(9-19(18)14-29)24(30)28-22-11-23(25(22,3)4)31-20-8-7-17(12-27)21(26)10-20/h5-10,15,22-23H,11,13-14H2,1-4H3,(H,28,30)/t22-,23-/m0/s1. The molecule has 0 spiro atoms. The van der Waals surface area contributed by atoms with E-state index in [-0.39, 0.29) is 23.5 Å². The van der Waals surface area contributed by atoms with Gasteiger partial charge in [-0.3, -0.25) is 9.69 Å². The van der Waals surface area contributed by atoms with Gasteiger partial charge in [-0.2, -0.15) is 5.26 Å². The number of hydrogen-bond acceptors (Lipinski definition) is 4. The Bertz CT molecular complexity index is 1060. The average Bonchev–Trinajstić information content (AvgIpc) is 3.17. The summed E-state index contributed by atoms with van der Waals surface area (Å²) in [4.78, 5) is 15.3. The number of rotatable bonds is 5. The van der Waals surface area contributed by atoms with Gasteiger partial charge in [0.05, 0.1) is 10.6 Å². The first kappa shape index (κ1) is 21.7. The SMILES string of the molecule is CC(C)N1Cc2ccc(C(=O)N[C@H]3C[C@H](Oc4ccc(C#N)c(Cl)c4)C3(C)C)cc2C1. The maximum Gasteiger partial charge on any atom is 0.251 e. The highest BCUT2D eigenvalue weighted by molar-refractivity contribution is 6.31. The van der Waals surface area contributed by atoms with E-state index >= 15 is 0 Å². The van der Waals surface area contributed by atoms with Crippen LogP contribution in [0.15, 0.2) is 36.4 Å². The van der Waals surface area contributed by atoms with E-state index in [4.69, 9.17) is 21.6 Å². The number of nitriles is 1. The molecule has 2 aromatic carbocycles. The lowest BCUT2D eigenvalue weighted by molar-refractivity contribution is -0.0515. The molecule has 1 N–H and O–H groups in total. The minimum absolute atomic E-state index is 0.0271. The summed E-state index contributed by atoms with van der Waals surface area (Å²) in [6.45, 7) is 10.4. The van der Waals surface area contributed by atoms with Gasteiger partial charge in [0, 0.05) is 48.6 Å². The van der Waals surface area contributed by atoms with E-state index in [1.54, 1.807) is 18.2 Å². The first-order chi connectivity index (χ1) is 14.7. The van der Waals surface area contributed by atoms with Gasteiger partial charge < -0.3 is 10.1 Å². The fraction of sp³-hybridized carbons (Fsp3) is 0.440. The third kappa shape index (κ3) is 4.15. The molecule has 31 heavy (non-hydrogen) atoms. The zero-order valence-corrected chi connectivity index (χ0v) is 19.2. The number of ether oxygens (including phenoxy) is 1. The van der Waals surface area contributed by atoms with E-state index < -0.39 is 0 Å². The van der Waals surface area contributed by atoms with Crippen LogP contribution in [0.3, 0.4) is 0 Å². The molecule has 0 bridgehead atoms. The molecule has 162 valence electrons. The Morgan fingerprint density at radius 3 is 2.61 bits per heavy atom. The number of hydrogen-bond donors (Lipinski definition) is 1. The summed E-state index contributed by atoms with van der Waals surface area (Å²) in [6, 6.07) is 13.7. The van der Waals surface area contributed by atoms with E-state index in [1.165, 1.54) is 11.1 Å². The molecule has 0 aromatic heterocycles. The lowest BCUT2D eigenvalue weighted by Crippen LogP contribution is -2.63. The number of fused-ring (bicyclic) bond motifs is 1. The molecule has 4 rings (SSSR count).